The van der Waals surface area contributed by atoms with Crippen LogP contribution in [0.1, 0.15) is 48.5 Å². The number of nitrogens with two attached hydrogens (primary N) is 2. The molecule has 2 aromatic rings. The normalized spacial score (nSPS) is 20.4. The van der Waals surface area contributed by atoms with Crippen molar-refractivity contribution in [1.29, 1.82) is 0 Å². The monoisotopic (exact) mass is 457 g/mol. The molecule has 1 heterocycles. The van der Waals surface area contributed by atoms with Gasteiger partial charge in [0.15, 0.2) is 0 Å². The Bertz CT molecular complexity index is 987. The van der Waals surface area contributed by atoms with Crippen molar-refractivity contribution in [1.82, 2.24) is 9.88 Å². The van der Waals surface area contributed by atoms with Crippen LogP contribution in [-0.4, -0.2) is 46.7 Å². The van der Waals surface area contributed by atoms with Gasteiger partial charge in [-0.1, -0.05) is 23.7 Å². The summed E-state index contributed by atoms with van der Waals surface area (Å²) in [5.74, 6) is -0.801. The molecule has 1 aromatic heterocycles. The lowest BCUT2D eigenvalue weighted by atomic mass is 9.68. The molecule has 32 heavy (non-hydrogen) atoms. The van der Waals surface area contributed by atoms with E-state index in [1.54, 1.807) is 12.1 Å². The van der Waals surface area contributed by atoms with Crippen molar-refractivity contribution in [2.45, 2.75) is 44.1 Å². The van der Waals surface area contributed by atoms with E-state index in [-0.39, 0.29) is 29.8 Å². The molecule has 0 saturated heterocycles. The van der Waals surface area contributed by atoms with Crippen molar-refractivity contribution in [2.75, 3.05) is 18.4 Å². The Kier molecular flexibility index (Phi) is 7.48. The van der Waals surface area contributed by atoms with Gasteiger partial charge in [-0.25, -0.2) is 4.98 Å². The fourth-order valence-corrected chi connectivity index (χ4v) is 4.56. The molecule has 0 radical (unpaired) electrons. The van der Waals surface area contributed by atoms with Gasteiger partial charge >= 0.3 is 0 Å². The number of carbonyl (C=O) groups is 3. The largest absolute Gasteiger partial charge is 0.368 e. The molecular formula is C23H28ClN5O3. The number of aromatic nitrogens is 1. The number of hydrogen-bond acceptors (Lipinski definition) is 5. The van der Waals surface area contributed by atoms with Crippen LogP contribution in [0.4, 0.5) is 5.82 Å². The second-order valence-corrected chi connectivity index (χ2v) is 8.68. The number of anilines is 1. The first-order chi connectivity index (χ1) is 15.2. The molecule has 170 valence electrons. The molecule has 0 unspecified atom stereocenters. The second kappa shape index (κ2) is 10.1. The quantitative estimate of drug-likeness (QED) is 0.587. The lowest BCUT2D eigenvalue weighted by molar-refractivity contribution is -0.119. The molecule has 1 aliphatic rings. The number of halogens is 1. The van der Waals surface area contributed by atoms with Gasteiger partial charge in [0.05, 0.1) is 12.1 Å². The van der Waals surface area contributed by atoms with Crippen LogP contribution in [0.2, 0.25) is 5.02 Å². The number of primary amides is 1. The molecule has 0 spiro atoms. The molecule has 5 N–H and O–H groups in total. The molecule has 8 nitrogen and oxygen atoms in total. The van der Waals surface area contributed by atoms with E-state index in [9.17, 15) is 14.4 Å². The van der Waals surface area contributed by atoms with Crippen LogP contribution >= 0.6 is 11.6 Å². The van der Waals surface area contributed by atoms with Crippen molar-refractivity contribution in [3.05, 3.63) is 58.7 Å². The summed E-state index contributed by atoms with van der Waals surface area (Å²) in [5, 5.41) is 3.23. The number of benzene rings is 1. The summed E-state index contributed by atoms with van der Waals surface area (Å²) in [7, 11) is 0. The van der Waals surface area contributed by atoms with Gasteiger partial charge < -0.3 is 21.7 Å². The Balaban J connectivity index is 1.77. The highest BCUT2D eigenvalue weighted by molar-refractivity contribution is 6.30. The standard InChI is InChI=1S/C23H28ClN5O3/c1-15(30)28-21-6-5-16(12-27-21)22(32)29(13-20(26)31)19-7-9-23(14-25,10-8-19)17-3-2-4-18(24)11-17/h2-6,11-12,19H,7-10,13-14,25H2,1H3,(H2,26,31)(H,27,28,30)/t19-,23-. The minimum Gasteiger partial charge on any atom is -0.368 e. The zero-order valence-corrected chi connectivity index (χ0v) is 18.8. The van der Waals surface area contributed by atoms with Gasteiger partial charge in [-0.3, -0.25) is 14.4 Å². The van der Waals surface area contributed by atoms with Gasteiger partial charge in [0.1, 0.15) is 5.82 Å². The summed E-state index contributed by atoms with van der Waals surface area (Å²) in [4.78, 5) is 41.7. The van der Waals surface area contributed by atoms with E-state index >= 15 is 0 Å². The first kappa shape index (κ1) is 23.7. The maximum Gasteiger partial charge on any atom is 0.256 e. The summed E-state index contributed by atoms with van der Waals surface area (Å²) in [6.07, 6.45) is 4.27. The predicted octanol–water partition coefficient (Wildman–Crippen LogP) is 2.46. The van der Waals surface area contributed by atoms with E-state index in [0.29, 0.717) is 35.8 Å². The molecule has 1 fully saturated rings. The second-order valence-electron chi connectivity index (χ2n) is 8.24. The highest BCUT2D eigenvalue weighted by Crippen LogP contribution is 2.41. The van der Waals surface area contributed by atoms with Crippen LogP contribution in [0.15, 0.2) is 42.6 Å². The number of nitrogens with zero attached hydrogens (tertiary/aromatic N) is 2. The average Bonchev–Trinajstić information content (AvgIpc) is 2.77. The first-order valence-corrected chi connectivity index (χ1v) is 10.9. The van der Waals surface area contributed by atoms with Crippen LogP contribution in [0.25, 0.3) is 0 Å². The zero-order valence-electron chi connectivity index (χ0n) is 18.0. The summed E-state index contributed by atoms with van der Waals surface area (Å²) >= 11 is 6.19. The molecule has 1 aliphatic carbocycles. The summed E-state index contributed by atoms with van der Waals surface area (Å²) in [5.41, 5.74) is 12.8. The highest BCUT2D eigenvalue weighted by atomic mass is 35.5. The number of pyridine rings is 1. The predicted molar refractivity (Wildman–Crippen MR) is 123 cm³/mol. The van der Waals surface area contributed by atoms with Crippen LogP contribution in [0, 0.1) is 0 Å². The van der Waals surface area contributed by atoms with Gasteiger partial charge in [-0.05, 0) is 55.5 Å². The van der Waals surface area contributed by atoms with E-state index < -0.39 is 5.91 Å². The smallest absolute Gasteiger partial charge is 0.256 e. The minimum absolute atomic E-state index is 0.149. The highest BCUT2D eigenvalue weighted by Gasteiger charge is 2.39. The van der Waals surface area contributed by atoms with Crippen molar-refractivity contribution < 1.29 is 14.4 Å². The van der Waals surface area contributed by atoms with E-state index in [4.69, 9.17) is 23.1 Å². The molecule has 1 aromatic carbocycles. The maximum atomic E-state index is 13.2. The van der Waals surface area contributed by atoms with Crippen LogP contribution in [-0.2, 0) is 15.0 Å². The van der Waals surface area contributed by atoms with Crippen molar-refractivity contribution in [3.8, 4) is 0 Å². The van der Waals surface area contributed by atoms with E-state index in [0.717, 1.165) is 18.4 Å². The summed E-state index contributed by atoms with van der Waals surface area (Å²) in [6.45, 7) is 1.67. The summed E-state index contributed by atoms with van der Waals surface area (Å²) in [6, 6.07) is 10.7. The van der Waals surface area contributed by atoms with Gasteiger partial charge in [-0.2, -0.15) is 0 Å². The third-order valence-corrected chi connectivity index (χ3v) is 6.32. The average molecular weight is 458 g/mol. The Morgan fingerprint density at radius 3 is 2.47 bits per heavy atom. The molecule has 1 saturated carbocycles. The molecular weight excluding hydrogens is 430 g/mol. The lowest BCUT2D eigenvalue weighted by Crippen LogP contribution is -2.50. The number of hydrogen-bond donors (Lipinski definition) is 3. The third-order valence-electron chi connectivity index (χ3n) is 6.08. The molecule has 3 amide bonds. The van der Waals surface area contributed by atoms with Crippen molar-refractivity contribution in [2.24, 2.45) is 11.5 Å². The van der Waals surface area contributed by atoms with E-state index in [2.05, 4.69) is 10.3 Å². The van der Waals surface area contributed by atoms with Crippen molar-refractivity contribution >= 4 is 35.1 Å². The van der Waals surface area contributed by atoms with Crippen LogP contribution < -0.4 is 16.8 Å². The number of nitrogens with one attached hydrogen (secondary N) is 1. The Morgan fingerprint density at radius 2 is 1.94 bits per heavy atom. The van der Waals surface area contributed by atoms with Gasteiger partial charge in [0.2, 0.25) is 11.8 Å². The lowest BCUT2D eigenvalue weighted by Gasteiger charge is -2.43. The van der Waals surface area contributed by atoms with E-state index in [1.807, 2.05) is 24.3 Å². The van der Waals surface area contributed by atoms with Crippen molar-refractivity contribution in [3.63, 3.8) is 0 Å². The van der Waals surface area contributed by atoms with Gasteiger partial charge in [0, 0.05) is 36.1 Å². The molecule has 0 aliphatic heterocycles. The third kappa shape index (κ3) is 5.44. The SMILES string of the molecule is CC(=O)Nc1ccc(C(=O)N(CC(N)=O)[C@H]2CC[C@](CN)(c3cccc(Cl)c3)CC2)cn1. The molecule has 0 atom stereocenters. The van der Waals surface area contributed by atoms with Gasteiger partial charge in [-0.15, -0.1) is 0 Å². The Hall–Kier alpha value is -2.97. The Labute approximate surface area is 192 Å². The molecule has 3 rings (SSSR count). The molecule has 0 bridgehead atoms. The fraction of sp³-hybridized carbons (Fsp3) is 0.391. The summed E-state index contributed by atoms with van der Waals surface area (Å²) < 4.78 is 0. The maximum absolute atomic E-state index is 13.2. The van der Waals surface area contributed by atoms with Gasteiger partial charge in [0.25, 0.3) is 5.91 Å². The molecule has 9 heteroatoms. The van der Waals surface area contributed by atoms with Crippen LogP contribution in [0.5, 0.6) is 0 Å². The first-order valence-electron chi connectivity index (χ1n) is 10.5. The number of rotatable bonds is 7. The van der Waals surface area contributed by atoms with E-state index in [1.165, 1.54) is 18.0 Å². The minimum atomic E-state index is -0.577. The fourth-order valence-electron chi connectivity index (χ4n) is 4.37. The number of amides is 3. The Morgan fingerprint density at radius 1 is 1.22 bits per heavy atom. The van der Waals surface area contributed by atoms with Crippen LogP contribution in [0.3, 0.4) is 0 Å². The zero-order chi connectivity index (χ0) is 23.3. The topological polar surface area (TPSA) is 131 Å². The number of carbonyl (C=O) groups excluding carboxylic acids is 3.